The summed E-state index contributed by atoms with van der Waals surface area (Å²) in [5.74, 6) is 0.650. The molecule has 90 valence electrons. The Morgan fingerprint density at radius 2 is 1.83 bits per heavy atom. The average Bonchev–Trinajstić information content (AvgIpc) is 2.87. The number of thiophene rings is 1. The molecule has 3 aromatic rings. The van der Waals surface area contributed by atoms with E-state index in [9.17, 15) is 4.39 Å². The predicted molar refractivity (Wildman–Crippen MR) is 72.6 cm³/mol. The quantitative estimate of drug-likeness (QED) is 0.666. The van der Waals surface area contributed by atoms with Crippen molar-refractivity contribution in [1.29, 1.82) is 0 Å². The Bertz CT molecular complexity index is 658. The van der Waals surface area contributed by atoms with Gasteiger partial charge in [-0.15, -0.1) is 11.3 Å². The summed E-state index contributed by atoms with van der Waals surface area (Å²) in [5.41, 5.74) is 0.962. The summed E-state index contributed by atoms with van der Waals surface area (Å²) in [6.45, 7) is 0.454. The van der Waals surface area contributed by atoms with Crippen LogP contribution >= 0.6 is 11.3 Å². The normalized spacial score (nSPS) is 10.7. The SMILES string of the molecule is Fc1ccc(COc2cccc3sccc23)cc1. The first kappa shape index (κ1) is 11.2. The molecule has 0 aliphatic heterocycles. The van der Waals surface area contributed by atoms with E-state index in [2.05, 4.69) is 17.5 Å². The van der Waals surface area contributed by atoms with Gasteiger partial charge < -0.3 is 4.74 Å². The van der Waals surface area contributed by atoms with Crippen molar-refractivity contribution >= 4 is 21.4 Å². The maximum absolute atomic E-state index is 12.8. The Balaban J connectivity index is 1.80. The lowest BCUT2D eigenvalue weighted by Crippen LogP contribution is -1.95. The van der Waals surface area contributed by atoms with Crippen LogP contribution in [-0.4, -0.2) is 0 Å². The van der Waals surface area contributed by atoms with Crippen LogP contribution in [0.2, 0.25) is 0 Å². The second-order valence-corrected chi connectivity index (χ2v) is 4.95. The van der Waals surface area contributed by atoms with Gasteiger partial charge in [0.1, 0.15) is 18.2 Å². The van der Waals surface area contributed by atoms with Gasteiger partial charge in [-0.05, 0) is 41.3 Å². The minimum absolute atomic E-state index is 0.223. The molecule has 1 nitrogen and oxygen atoms in total. The Morgan fingerprint density at radius 1 is 1.00 bits per heavy atom. The number of benzene rings is 2. The molecule has 0 N–H and O–H groups in total. The minimum atomic E-state index is -0.223. The van der Waals surface area contributed by atoms with E-state index in [1.807, 2.05) is 12.1 Å². The van der Waals surface area contributed by atoms with E-state index in [4.69, 9.17) is 4.74 Å². The van der Waals surface area contributed by atoms with Gasteiger partial charge in [-0.3, -0.25) is 0 Å². The first-order valence-corrected chi connectivity index (χ1v) is 6.54. The first-order valence-electron chi connectivity index (χ1n) is 5.66. The van der Waals surface area contributed by atoms with Crippen LogP contribution in [0.15, 0.2) is 53.9 Å². The summed E-state index contributed by atoms with van der Waals surface area (Å²) in [6.07, 6.45) is 0. The molecule has 0 aliphatic rings. The zero-order valence-corrected chi connectivity index (χ0v) is 10.4. The number of fused-ring (bicyclic) bond motifs is 1. The maximum Gasteiger partial charge on any atom is 0.128 e. The fourth-order valence-corrected chi connectivity index (χ4v) is 2.64. The number of hydrogen-bond acceptors (Lipinski definition) is 2. The molecule has 1 aromatic heterocycles. The molecule has 3 heteroatoms. The zero-order chi connectivity index (χ0) is 12.4. The summed E-state index contributed by atoms with van der Waals surface area (Å²) in [7, 11) is 0. The van der Waals surface area contributed by atoms with Crippen molar-refractivity contribution in [3.05, 3.63) is 65.3 Å². The number of rotatable bonds is 3. The Labute approximate surface area is 108 Å². The Kier molecular flexibility index (Phi) is 2.99. The summed E-state index contributed by atoms with van der Waals surface area (Å²) in [5, 5.41) is 3.18. The standard InChI is InChI=1S/C15H11FOS/c16-12-6-4-11(5-7-12)10-17-14-2-1-3-15-13(14)8-9-18-15/h1-9H,10H2. The molecule has 0 fully saturated rings. The smallest absolute Gasteiger partial charge is 0.128 e. The molecule has 0 amide bonds. The maximum atomic E-state index is 12.8. The zero-order valence-electron chi connectivity index (χ0n) is 9.60. The molecular formula is C15H11FOS. The Hall–Kier alpha value is -1.87. The number of halogens is 1. The second-order valence-electron chi connectivity index (χ2n) is 4.00. The van der Waals surface area contributed by atoms with Crippen molar-refractivity contribution in [2.75, 3.05) is 0 Å². The fraction of sp³-hybridized carbons (Fsp3) is 0.0667. The molecule has 0 spiro atoms. The van der Waals surface area contributed by atoms with Crippen molar-refractivity contribution in [1.82, 2.24) is 0 Å². The van der Waals surface area contributed by atoms with E-state index < -0.39 is 0 Å². The van der Waals surface area contributed by atoms with Crippen LogP contribution < -0.4 is 4.74 Å². The molecule has 18 heavy (non-hydrogen) atoms. The summed E-state index contributed by atoms with van der Waals surface area (Å²) in [4.78, 5) is 0. The van der Waals surface area contributed by atoms with Crippen molar-refractivity contribution in [3.8, 4) is 5.75 Å². The molecule has 3 rings (SSSR count). The van der Waals surface area contributed by atoms with Gasteiger partial charge in [-0.2, -0.15) is 0 Å². The summed E-state index contributed by atoms with van der Waals surface area (Å²) < 4.78 is 19.8. The largest absolute Gasteiger partial charge is 0.488 e. The van der Waals surface area contributed by atoms with Gasteiger partial charge >= 0.3 is 0 Å². The molecule has 0 bridgehead atoms. The number of hydrogen-bond donors (Lipinski definition) is 0. The van der Waals surface area contributed by atoms with Gasteiger partial charge in [0, 0.05) is 10.1 Å². The van der Waals surface area contributed by atoms with Crippen molar-refractivity contribution < 1.29 is 9.13 Å². The molecule has 2 aromatic carbocycles. The highest BCUT2D eigenvalue weighted by atomic mass is 32.1. The van der Waals surface area contributed by atoms with E-state index in [1.165, 1.54) is 16.8 Å². The molecule has 0 saturated heterocycles. The minimum Gasteiger partial charge on any atom is -0.488 e. The van der Waals surface area contributed by atoms with E-state index in [-0.39, 0.29) is 5.82 Å². The lowest BCUT2D eigenvalue weighted by atomic mass is 10.2. The third-order valence-corrected chi connectivity index (χ3v) is 3.65. The molecular weight excluding hydrogens is 247 g/mol. The van der Waals surface area contributed by atoms with Crippen LogP contribution in [-0.2, 0) is 6.61 Å². The molecule has 1 heterocycles. The third kappa shape index (κ3) is 2.22. The van der Waals surface area contributed by atoms with Crippen molar-refractivity contribution in [2.24, 2.45) is 0 Å². The fourth-order valence-electron chi connectivity index (χ4n) is 1.83. The van der Waals surface area contributed by atoms with Crippen LogP contribution in [0.1, 0.15) is 5.56 Å². The monoisotopic (exact) mass is 258 g/mol. The molecule has 0 atom stereocenters. The second kappa shape index (κ2) is 4.78. The van der Waals surface area contributed by atoms with E-state index >= 15 is 0 Å². The van der Waals surface area contributed by atoms with Crippen molar-refractivity contribution in [3.63, 3.8) is 0 Å². The third-order valence-electron chi connectivity index (χ3n) is 2.76. The van der Waals surface area contributed by atoms with Gasteiger partial charge in [-0.25, -0.2) is 4.39 Å². The van der Waals surface area contributed by atoms with Crippen molar-refractivity contribution in [2.45, 2.75) is 6.61 Å². The highest BCUT2D eigenvalue weighted by Crippen LogP contribution is 2.29. The highest BCUT2D eigenvalue weighted by Gasteiger charge is 2.03. The Morgan fingerprint density at radius 3 is 2.67 bits per heavy atom. The molecule has 0 radical (unpaired) electrons. The van der Waals surface area contributed by atoms with Crippen LogP contribution in [0.5, 0.6) is 5.75 Å². The first-order chi connectivity index (χ1) is 8.83. The van der Waals surface area contributed by atoms with E-state index in [1.54, 1.807) is 23.5 Å². The van der Waals surface area contributed by atoms with Crippen LogP contribution in [0.25, 0.3) is 10.1 Å². The molecule has 0 aliphatic carbocycles. The lowest BCUT2D eigenvalue weighted by molar-refractivity contribution is 0.310. The van der Waals surface area contributed by atoms with Crippen LogP contribution in [0, 0.1) is 5.82 Å². The van der Waals surface area contributed by atoms with Crippen LogP contribution in [0.4, 0.5) is 4.39 Å². The number of ether oxygens (including phenoxy) is 1. The summed E-state index contributed by atoms with van der Waals surface area (Å²) >= 11 is 1.70. The summed E-state index contributed by atoms with van der Waals surface area (Å²) in [6, 6.07) is 14.4. The van der Waals surface area contributed by atoms with Gasteiger partial charge in [0.2, 0.25) is 0 Å². The lowest BCUT2D eigenvalue weighted by Gasteiger charge is -2.07. The average molecular weight is 258 g/mol. The van der Waals surface area contributed by atoms with Crippen LogP contribution in [0.3, 0.4) is 0 Å². The van der Waals surface area contributed by atoms with Gasteiger partial charge in [-0.1, -0.05) is 18.2 Å². The van der Waals surface area contributed by atoms with E-state index in [0.29, 0.717) is 6.61 Å². The van der Waals surface area contributed by atoms with Gasteiger partial charge in [0.15, 0.2) is 0 Å². The van der Waals surface area contributed by atoms with Gasteiger partial charge in [0.25, 0.3) is 0 Å². The molecule has 0 unspecified atom stereocenters. The van der Waals surface area contributed by atoms with Gasteiger partial charge in [0.05, 0.1) is 0 Å². The highest BCUT2D eigenvalue weighted by molar-refractivity contribution is 7.17. The topological polar surface area (TPSA) is 9.23 Å². The molecule has 0 saturated carbocycles. The predicted octanol–water partition coefficient (Wildman–Crippen LogP) is 4.62. The van der Waals surface area contributed by atoms with E-state index in [0.717, 1.165) is 16.7 Å².